The fourth-order valence-electron chi connectivity index (χ4n) is 2.42. The minimum Gasteiger partial charge on any atom is -0.344 e. The maximum atomic E-state index is 12.4. The van der Waals surface area contributed by atoms with Crippen molar-refractivity contribution in [1.82, 2.24) is 19.7 Å². The largest absolute Gasteiger partial charge is 0.344 e. The molecule has 5 nitrogen and oxygen atoms in total. The van der Waals surface area contributed by atoms with E-state index in [4.69, 9.17) is 0 Å². The lowest BCUT2D eigenvalue weighted by Gasteiger charge is -2.15. The summed E-state index contributed by atoms with van der Waals surface area (Å²) in [5.41, 5.74) is 2.49. The number of carbonyl (C=O) groups is 1. The molecule has 1 unspecified atom stereocenters. The van der Waals surface area contributed by atoms with Crippen molar-refractivity contribution in [3.8, 4) is 5.69 Å². The molecule has 1 aromatic carbocycles. The molecule has 0 spiro atoms. The molecule has 0 fully saturated rings. The van der Waals surface area contributed by atoms with Gasteiger partial charge >= 0.3 is 0 Å². The second kappa shape index (κ2) is 6.42. The van der Waals surface area contributed by atoms with Gasteiger partial charge in [0, 0.05) is 31.3 Å². The predicted molar refractivity (Wildman–Crippen MR) is 92.6 cm³/mol. The normalized spacial score (nSPS) is 12.1. The van der Waals surface area contributed by atoms with Crippen LogP contribution < -0.4 is 5.32 Å². The standard InChI is InChI=1S/C17H17BrN4O/c1-12(19-17(23)16-15(18)11-21(2)20-16)13-6-5-7-14(10-13)22-8-3-4-9-22/h3-12H,1-2H3,(H,19,23). The molecule has 0 bridgehead atoms. The molecule has 0 saturated carbocycles. The third-order valence-corrected chi connectivity index (χ3v) is 4.20. The predicted octanol–water partition coefficient (Wildman–Crippen LogP) is 3.46. The molecule has 118 valence electrons. The fourth-order valence-corrected chi connectivity index (χ4v) is 2.98. The van der Waals surface area contributed by atoms with Crippen molar-refractivity contribution in [3.63, 3.8) is 0 Å². The van der Waals surface area contributed by atoms with Crippen LogP contribution in [0, 0.1) is 0 Å². The summed E-state index contributed by atoms with van der Waals surface area (Å²) in [5.74, 6) is -0.198. The van der Waals surface area contributed by atoms with Gasteiger partial charge < -0.3 is 9.88 Å². The summed E-state index contributed by atoms with van der Waals surface area (Å²) in [7, 11) is 1.78. The van der Waals surface area contributed by atoms with E-state index in [2.05, 4.69) is 32.4 Å². The van der Waals surface area contributed by atoms with Gasteiger partial charge in [-0.15, -0.1) is 0 Å². The van der Waals surface area contributed by atoms with Crippen molar-refractivity contribution in [2.24, 2.45) is 7.05 Å². The monoisotopic (exact) mass is 372 g/mol. The smallest absolute Gasteiger partial charge is 0.273 e. The van der Waals surface area contributed by atoms with E-state index in [1.165, 1.54) is 0 Å². The number of amides is 1. The number of hydrogen-bond acceptors (Lipinski definition) is 2. The molecule has 1 N–H and O–H groups in total. The third kappa shape index (κ3) is 3.37. The molecule has 0 saturated heterocycles. The van der Waals surface area contributed by atoms with Crippen molar-refractivity contribution in [3.05, 3.63) is 70.7 Å². The quantitative estimate of drug-likeness (QED) is 0.762. The summed E-state index contributed by atoms with van der Waals surface area (Å²) >= 11 is 3.35. The van der Waals surface area contributed by atoms with E-state index in [1.807, 2.05) is 54.2 Å². The van der Waals surface area contributed by atoms with Crippen LogP contribution in [0.25, 0.3) is 5.69 Å². The average molecular weight is 373 g/mol. The van der Waals surface area contributed by atoms with Crippen LogP contribution in [0.4, 0.5) is 0 Å². The summed E-state index contributed by atoms with van der Waals surface area (Å²) < 4.78 is 4.33. The molecule has 0 aliphatic carbocycles. The Bertz CT molecular complexity index is 823. The molecule has 0 aliphatic heterocycles. The number of aryl methyl sites for hydroxylation is 1. The summed E-state index contributed by atoms with van der Waals surface area (Å²) in [5, 5.41) is 7.15. The van der Waals surface area contributed by atoms with Crippen molar-refractivity contribution in [2.75, 3.05) is 0 Å². The Morgan fingerprint density at radius 3 is 2.65 bits per heavy atom. The minimum atomic E-state index is -0.198. The highest BCUT2D eigenvalue weighted by Crippen LogP contribution is 2.19. The van der Waals surface area contributed by atoms with Crippen LogP contribution in [0.2, 0.25) is 0 Å². The van der Waals surface area contributed by atoms with Gasteiger partial charge in [0.15, 0.2) is 5.69 Å². The third-order valence-electron chi connectivity index (χ3n) is 3.62. The maximum absolute atomic E-state index is 12.4. The fraction of sp³-hybridized carbons (Fsp3) is 0.176. The maximum Gasteiger partial charge on any atom is 0.273 e. The first-order valence-corrected chi connectivity index (χ1v) is 8.07. The zero-order valence-electron chi connectivity index (χ0n) is 12.9. The first kappa shape index (κ1) is 15.6. The van der Waals surface area contributed by atoms with Crippen molar-refractivity contribution in [1.29, 1.82) is 0 Å². The number of nitrogens with zero attached hydrogens (tertiary/aromatic N) is 3. The Kier molecular flexibility index (Phi) is 4.34. The van der Waals surface area contributed by atoms with Crippen LogP contribution >= 0.6 is 15.9 Å². The minimum absolute atomic E-state index is 0.119. The number of benzene rings is 1. The molecule has 0 radical (unpaired) electrons. The first-order valence-electron chi connectivity index (χ1n) is 7.28. The Balaban J connectivity index is 1.78. The van der Waals surface area contributed by atoms with Crippen LogP contribution in [0.1, 0.15) is 29.0 Å². The lowest BCUT2D eigenvalue weighted by molar-refractivity contribution is 0.0933. The summed E-state index contributed by atoms with van der Waals surface area (Å²) in [6, 6.07) is 11.9. The van der Waals surface area contributed by atoms with Gasteiger partial charge in [0.1, 0.15) is 0 Å². The lowest BCUT2D eigenvalue weighted by atomic mass is 10.1. The lowest BCUT2D eigenvalue weighted by Crippen LogP contribution is -2.27. The second-order valence-electron chi connectivity index (χ2n) is 5.38. The number of carbonyl (C=O) groups excluding carboxylic acids is 1. The highest BCUT2D eigenvalue weighted by molar-refractivity contribution is 9.10. The van der Waals surface area contributed by atoms with Crippen LogP contribution in [-0.2, 0) is 7.05 Å². The molecule has 1 atom stereocenters. The molecule has 3 rings (SSSR count). The zero-order valence-corrected chi connectivity index (χ0v) is 14.5. The summed E-state index contributed by atoms with van der Waals surface area (Å²) in [4.78, 5) is 12.4. The van der Waals surface area contributed by atoms with E-state index < -0.39 is 0 Å². The van der Waals surface area contributed by atoms with Crippen LogP contribution in [-0.4, -0.2) is 20.3 Å². The van der Waals surface area contributed by atoms with Crippen molar-refractivity contribution < 1.29 is 4.79 Å². The second-order valence-corrected chi connectivity index (χ2v) is 6.23. The van der Waals surface area contributed by atoms with E-state index in [0.717, 1.165) is 11.3 Å². The molecule has 2 aromatic heterocycles. The number of aromatic nitrogens is 3. The SMILES string of the molecule is CC(NC(=O)c1nn(C)cc1Br)c1cccc(-n2cccc2)c1. The highest BCUT2D eigenvalue weighted by Gasteiger charge is 2.17. The Labute approximate surface area is 143 Å². The van der Waals surface area contributed by atoms with Crippen molar-refractivity contribution >= 4 is 21.8 Å². The van der Waals surface area contributed by atoms with Gasteiger partial charge in [-0.25, -0.2) is 0 Å². The van der Waals surface area contributed by atoms with E-state index in [9.17, 15) is 4.79 Å². The Morgan fingerprint density at radius 1 is 1.26 bits per heavy atom. The topological polar surface area (TPSA) is 51.9 Å². The van der Waals surface area contributed by atoms with Gasteiger partial charge in [-0.2, -0.15) is 5.10 Å². The molecule has 23 heavy (non-hydrogen) atoms. The van der Waals surface area contributed by atoms with Crippen molar-refractivity contribution in [2.45, 2.75) is 13.0 Å². The van der Waals surface area contributed by atoms with Gasteiger partial charge in [0.25, 0.3) is 5.91 Å². The van der Waals surface area contributed by atoms with Gasteiger partial charge in [-0.05, 0) is 52.7 Å². The molecule has 0 aliphatic rings. The molecular formula is C17H17BrN4O. The van der Waals surface area contributed by atoms with E-state index in [-0.39, 0.29) is 11.9 Å². The number of rotatable bonds is 4. The molecule has 6 heteroatoms. The Morgan fingerprint density at radius 2 is 2.00 bits per heavy atom. The van der Waals surface area contributed by atoms with Crippen LogP contribution in [0.3, 0.4) is 0 Å². The summed E-state index contributed by atoms with van der Waals surface area (Å²) in [6.45, 7) is 1.96. The number of nitrogens with one attached hydrogen (secondary N) is 1. The van der Waals surface area contributed by atoms with E-state index >= 15 is 0 Å². The molecular weight excluding hydrogens is 356 g/mol. The summed E-state index contributed by atoms with van der Waals surface area (Å²) in [6.07, 6.45) is 5.74. The first-order chi connectivity index (χ1) is 11.0. The highest BCUT2D eigenvalue weighted by atomic mass is 79.9. The van der Waals surface area contributed by atoms with Crippen LogP contribution in [0.5, 0.6) is 0 Å². The van der Waals surface area contributed by atoms with Crippen LogP contribution in [0.15, 0.2) is 59.5 Å². The Hall–Kier alpha value is -2.34. The van der Waals surface area contributed by atoms with Gasteiger partial charge in [0.05, 0.1) is 10.5 Å². The molecule has 1 amide bonds. The number of halogens is 1. The van der Waals surface area contributed by atoms with E-state index in [0.29, 0.717) is 10.2 Å². The molecule has 3 aromatic rings. The van der Waals surface area contributed by atoms with Gasteiger partial charge in [-0.3, -0.25) is 9.48 Å². The van der Waals surface area contributed by atoms with E-state index in [1.54, 1.807) is 17.9 Å². The zero-order chi connectivity index (χ0) is 16.4. The van der Waals surface area contributed by atoms with Gasteiger partial charge in [-0.1, -0.05) is 12.1 Å². The molecule has 2 heterocycles. The average Bonchev–Trinajstić information content (AvgIpc) is 3.17. The number of hydrogen-bond donors (Lipinski definition) is 1. The van der Waals surface area contributed by atoms with Gasteiger partial charge in [0.2, 0.25) is 0 Å².